The molecule has 6 heteroatoms. The van der Waals surface area contributed by atoms with Crippen molar-refractivity contribution in [3.63, 3.8) is 0 Å². The summed E-state index contributed by atoms with van der Waals surface area (Å²) in [7, 11) is 0. The van der Waals surface area contributed by atoms with Crippen LogP contribution in [0.3, 0.4) is 0 Å². The highest BCUT2D eigenvalue weighted by Crippen LogP contribution is 2.30. The number of aromatic nitrogens is 2. The van der Waals surface area contributed by atoms with E-state index in [4.69, 9.17) is 11.6 Å². The highest BCUT2D eigenvalue weighted by molar-refractivity contribution is 6.33. The summed E-state index contributed by atoms with van der Waals surface area (Å²) in [6.45, 7) is 2.10. The number of carbonyl (C=O) groups excluding carboxylic acids is 1. The summed E-state index contributed by atoms with van der Waals surface area (Å²) < 4.78 is 0. The molecule has 0 unspecified atom stereocenters. The Kier molecular flexibility index (Phi) is 5.68. The van der Waals surface area contributed by atoms with E-state index in [1.807, 2.05) is 24.3 Å². The van der Waals surface area contributed by atoms with Crippen LogP contribution in [-0.4, -0.2) is 16.1 Å². The van der Waals surface area contributed by atoms with Crippen molar-refractivity contribution in [3.05, 3.63) is 57.8 Å². The Morgan fingerprint density at radius 3 is 2.69 bits per heavy atom. The minimum absolute atomic E-state index is 0.0585. The summed E-state index contributed by atoms with van der Waals surface area (Å²) in [5, 5.41) is 11.4. The Labute approximate surface area is 156 Å². The van der Waals surface area contributed by atoms with E-state index < -0.39 is 0 Å². The third-order valence-corrected chi connectivity index (χ3v) is 4.55. The molecular formula is C20H20ClN3O2. The Morgan fingerprint density at radius 2 is 1.92 bits per heavy atom. The minimum Gasteiger partial charge on any atom is -0.325 e. The van der Waals surface area contributed by atoms with Crippen molar-refractivity contribution < 1.29 is 4.79 Å². The van der Waals surface area contributed by atoms with E-state index in [9.17, 15) is 9.59 Å². The van der Waals surface area contributed by atoms with Gasteiger partial charge in [-0.1, -0.05) is 55.6 Å². The number of anilines is 1. The third kappa shape index (κ3) is 3.94. The number of carbonyl (C=O) groups is 1. The smallest absolute Gasteiger partial charge is 0.272 e. The molecule has 0 spiro atoms. The lowest BCUT2D eigenvalue weighted by atomic mass is 10.0. The largest absolute Gasteiger partial charge is 0.325 e. The molecule has 0 atom stereocenters. The molecule has 2 aromatic carbocycles. The lowest BCUT2D eigenvalue weighted by molar-refractivity contribution is -0.116. The maximum Gasteiger partial charge on any atom is 0.272 e. The van der Waals surface area contributed by atoms with Crippen LogP contribution >= 0.6 is 11.6 Å². The second-order valence-corrected chi connectivity index (χ2v) is 6.55. The Balaban J connectivity index is 1.94. The van der Waals surface area contributed by atoms with Crippen LogP contribution in [-0.2, 0) is 4.79 Å². The molecule has 5 nitrogen and oxygen atoms in total. The number of hydrogen-bond acceptors (Lipinski definition) is 3. The van der Waals surface area contributed by atoms with Gasteiger partial charge in [-0.05, 0) is 24.6 Å². The van der Waals surface area contributed by atoms with Crippen molar-refractivity contribution in [2.24, 2.45) is 0 Å². The molecule has 134 valence electrons. The predicted molar refractivity (Wildman–Crippen MR) is 106 cm³/mol. The maximum atomic E-state index is 12.1. The van der Waals surface area contributed by atoms with Gasteiger partial charge in [0.05, 0.1) is 21.8 Å². The predicted octanol–water partition coefficient (Wildman–Crippen LogP) is 4.76. The fraction of sp³-hybridized carbons (Fsp3) is 0.250. The molecule has 3 rings (SSSR count). The number of unbranched alkanes of at least 4 members (excludes halogenated alkanes) is 2. The molecule has 0 radical (unpaired) electrons. The normalized spacial score (nSPS) is 10.8. The zero-order valence-corrected chi connectivity index (χ0v) is 15.3. The number of benzene rings is 2. The van der Waals surface area contributed by atoms with E-state index in [0.29, 0.717) is 28.2 Å². The molecule has 0 aliphatic rings. The number of hydrogen-bond donors (Lipinski definition) is 2. The molecule has 1 aromatic heterocycles. The van der Waals surface area contributed by atoms with Crippen molar-refractivity contribution in [2.45, 2.75) is 32.6 Å². The van der Waals surface area contributed by atoms with Gasteiger partial charge in [0.2, 0.25) is 5.91 Å². The average Bonchev–Trinajstić information content (AvgIpc) is 2.64. The maximum absolute atomic E-state index is 12.1. The zero-order chi connectivity index (χ0) is 18.5. The van der Waals surface area contributed by atoms with Gasteiger partial charge in [0.15, 0.2) is 0 Å². The molecule has 0 aliphatic carbocycles. The van der Waals surface area contributed by atoms with Crippen molar-refractivity contribution >= 4 is 34.0 Å². The van der Waals surface area contributed by atoms with E-state index in [2.05, 4.69) is 22.4 Å². The van der Waals surface area contributed by atoms with E-state index in [0.717, 1.165) is 30.2 Å². The summed E-state index contributed by atoms with van der Waals surface area (Å²) in [4.78, 5) is 24.1. The number of amides is 1. The minimum atomic E-state index is -0.234. The van der Waals surface area contributed by atoms with E-state index in [1.165, 1.54) is 0 Å². The van der Waals surface area contributed by atoms with Crippen LogP contribution in [0.1, 0.15) is 32.6 Å². The van der Waals surface area contributed by atoms with Crippen LogP contribution in [0.4, 0.5) is 5.69 Å². The van der Waals surface area contributed by atoms with Gasteiger partial charge in [-0.25, -0.2) is 5.10 Å². The van der Waals surface area contributed by atoms with Gasteiger partial charge >= 0.3 is 0 Å². The molecule has 0 aliphatic heterocycles. The molecule has 2 N–H and O–H groups in total. The van der Waals surface area contributed by atoms with Gasteiger partial charge in [-0.15, -0.1) is 0 Å². The van der Waals surface area contributed by atoms with Gasteiger partial charge in [-0.3, -0.25) is 9.59 Å². The summed E-state index contributed by atoms with van der Waals surface area (Å²) in [5.74, 6) is -0.0585. The molecule has 0 fully saturated rings. The van der Waals surface area contributed by atoms with Crippen LogP contribution in [0, 0.1) is 0 Å². The lowest BCUT2D eigenvalue weighted by Gasteiger charge is -2.10. The third-order valence-electron chi connectivity index (χ3n) is 4.22. The highest BCUT2D eigenvalue weighted by atomic mass is 35.5. The second kappa shape index (κ2) is 8.15. The molecule has 1 heterocycles. The number of nitrogens with one attached hydrogen (secondary N) is 2. The Morgan fingerprint density at radius 1 is 1.15 bits per heavy atom. The number of aromatic amines is 1. The molecule has 26 heavy (non-hydrogen) atoms. The highest BCUT2D eigenvalue weighted by Gasteiger charge is 2.12. The topological polar surface area (TPSA) is 74.8 Å². The van der Waals surface area contributed by atoms with E-state index >= 15 is 0 Å². The molecular weight excluding hydrogens is 350 g/mol. The van der Waals surface area contributed by atoms with Crippen molar-refractivity contribution in [2.75, 3.05) is 5.32 Å². The van der Waals surface area contributed by atoms with Crippen LogP contribution < -0.4 is 10.9 Å². The quantitative estimate of drug-likeness (QED) is 0.615. The van der Waals surface area contributed by atoms with E-state index in [1.54, 1.807) is 18.2 Å². The first-order chi connectivity index (χ1) is 12.6. The number of nitrogens with zero attached hydrogens (tertiary/aromatic N) is 1. The van der Waals surface area contributed by atoms with Gasteiger partial charge in [-0.2, -0.15) is 5.10 Å². The molecule has 0 bridgehead atoms. The first-order valence-corrected chi connectivity index (χ1v) is 9.05. The van der Waals surface area contributed by atoms with Gasteiger partial charge in [0.25, 0.3) is 5.56 Å². The summed E-state index contributed by atoms with van der Waals surface area (Å²) in [5.41, 5.74) is 1.72. The van der Waals surface area contributed by atoms with Crippen molar-refractivity contribution in [1.82, 2.24) is 10.2 Å². The molecule has 3 aromatic rings. The van der Waals surface area contributed by atoms with Crippen molar-refractivity contribution in [3.8, 4) is 11.3 Å². The van der Waals surface area contributed by atoms with Gasteiger partial charge < -0.3 is 5.32 Å². The number of fused-ring (bicyclic) bond motifs is 1. The summed E-state index contributed by atoms with van der Waals surface area (Å²) >= 11 is 6.24. The SMILES string of the molecule is CCCCCC(=O)Nc1cc(-c2n[nH]c(=O)c3ccccc23)ccc1Cl. The summed E-state index contributed by atoms with van der Waals surface area (Å²) in [6.07, 6.45) is 3.41. The molecule has 0 saturated carbocycles. The van der Waals surface area contributed by atoms with E-state index in [-0.39, 0.29) is 11.5 Å². The lowest BCUT2D eigenvalue weighted by Crippen LogP contribution is -2.12. The first kappa shape index (κ1) is 18.1. The second-order valence-electron chi connectivity index (χ2n) is 6.15. The molecule has 1 amide bonds. The van der Waals surface area contributed by atoms with Crippen LogP contribution in [0.25, 0.3) is 22.0 Å². The van der Waals surface area contributed by atoms with Gasteiger partial charge in [0, 0.05) is 17.4 Å². The number of halogens is 1. The fourth-order valence-electron chi connectivity index (χ4n) is 2.85. The summed E-state index contributed by atoms with van der Waals surface area (Å²) in [6, 6.07) is 12.6. The standard InChI is InChI=1S/C20H20ClN3O2/c1-2-3-4-9-18(25)22-17-12-13(10-11-16(17)21)19-14-7-5-6-8-15(14)20(26)24-23-19/h5-8,10-12H,2-4,9H2,1H3,(H,22,25)(H,24,26). The zero-order valence-electron chi connectivity index (χ0n) is 14.5. The Hall–Kier alpha value is -2.66. The monoisotopic (exact) mass is 369 g/mol. The number of H-pyrrole nitrogens is 1. The van der Waals surface area contributed by atoms with Crippen LogP contribution in [0.15, 0.2) is 47.3 Å². The Bertz CT molecular complexity index is 998. The first-order valence-electron chi connectivity index (χ1n) is 8.67. The van der Waals surface area contributed by atoms with Gasteiger partial charge in [0.1, 0.15) is 0 Å². The van der Waals surface area contributed by atoms with Crippen LogP contribution in [0.5, 0.6) is 0 Å². The number of rotatable bonds is 6. The fourth-order valence-corrected chi connectivity index (χ4v) is 3.02. The average molecular weight is 370 g/mol. The van der Waals surface area contributed by atoms with Crippen LogP contribution in [0.2, 0.25) is 5.02 Å². The van der Waals surface area contributed by atoms with Crippen molar-refractivity contribution in [1.29, 1.82) is 0 Å². The molecule has 0 saturated heterocycles.